The molecule has 94 valence electrons. The number of halogens is 3. The number of hydrogen-bond donors (Lipinski definition) is 2. The highest BCUT2D eigenvalue weighted by atomic mass is 19.2. The lowest BCUT2D eigenvalue weighted by molar-refractivity contribution is 0.0519. The van der Waals surface area contributed by atoms with Crippen LogP contribution in [0.1, 0.15) is 25.3 Å². The molecule has 2 N–H and O–H groups in total. The monoisotopic (exact) mass is 245 g/mol. The van der Waals surface area contributed by atoms with Crippen LogP contribution in [-0.2, 0) is 5.60 Å². The van der Waals surface area contributed by atoms with Crippen LogP contribution in [0.25, 0.3) is 0 Å². The third-order valence-electron chi connectivity index (χ3n) is 2.93. The van der Waals surface area contributed by atoms with Gasteiger partial charge in [0.15, 0.2) is 17.5 Å². The third kappa shape index (κ3) is 2.61. The van der Waals surface area contributed by atoms with Gasteiger partial charge in [0.1, 0.15) is 5.60 Å². The lowest BCUT2D eigenvalue weighted by atomic mass is 9.95. The van der Waals surface area contributed by atoms with Crippen LogP contribution in [0.5, 0.6) is 0 Å². The van der Waals surface area contributed by atoms with Crippen LogP contribution >= 0.6 is 0 Å². The molecule has 1 aromatic carbocycles. The molecule has 0 bridgehead atoms. The van der Waals surface area contributed by atoms with E-state index in [2.05, 4.69) is 5.32 Å². The van der Waals surface area contributed by atoms with Gasteiger partial charge in [-0.2, -0.15) is 0 Å². The van der Waals surface area contributed by atoms with Crippen molar-refractivity contribution in [2.45, 2.75) is 31.4 Å². The zero-order valence-corrected chi connectivity index (χ0v) is 9.43. The van der Waals surface area contributed by atoms with Gasteiger partial charge in [-0.05, 0) is 25.8 Å². The number of hydrogen-bond acceptors (Lipinski definition) is 2. The largest absolute Gasteiger partial charge is 0.384 e. The van der Waals surface area contributed by atoms with Gasteiger partial charge in [0.2, 0.25) is 0 Å². The minimum Gasteiger partial charge on any atom is -0.384 e. The Hall–Kier alpha value is -1.07. The fourth-order valence-electron chi connectivity index (χ4n) is 1.67. The fourth-order valence-corrected chi connectivity index (χ4v) is 1.67. The van der Waals surface area contributed by atoms with Gasteiger partial charge in [0, 0.05) is 18.2 Å². The van der Waals surface area contributed by atoms with Gasteiger partial charge >= 0.3 is 0 Å². The second-order valence-corrected chi connectivity index (χ2v) is 4.65. The maximum Gasteiger partial charge on any atom is 0.194 e. The van der Waals surface area contributed by atoms with Crippen molar-refractivity contribution in [3.63, 3.8) is 0 Å². The van der Waals surface area contributed by atoms with E-state index in [1.54, 1.807) is 0 Å². The Labute approximate surface area is 97.5 Å². The summed E-state index contributed by atoms with van der Waals surface area (Å²) in [6.07, 6.45) is 2.05. The van der Waals surface area contributed by atoms with E-state index in [9.17, 15) is 18.3 Å². The molecule has 1 atom stereocenters. The van der Waals surface area contributed by atoms with Gasteiger partial charge in [-0.3, -0.25) is 0 Å². The van der Waals surface area contributed by atoms with Crippen LogP contribution in [0.2, 0.25) is 0 Å². The Morgan fingerprint density at radius 1 is 1.29 bits per heavy atom. The summed E-state index contributed by atoms with van der Waals surface area (Å²) >= 11 is 0. The SMILES string of the molecule is CC(O)(CNC1CC1)c1ccc(F)c(F)c1F. The topological polar surface area (TPSA) is 32.3 Å². The number of benzene rings is 1. The van der Waals surface area contributed by atoms with Crippen molar-refractivity contribution in [2.24, 2.45) is 0 Å². The first-order chi connectivity index (χ1) is 7.92. The molecule has 17 heavy (non-hydrogen) atoms. The van der Waals surface area contributed by atoms with Crippen molar-refractivity contribution in [3.05, 3.63) is 35.1 Å². The van der Waals surface area contributed by atoms with Gasteiger partial charge in [-0.15, -0.1) is 0 Å². The van der Waals surface area contributed by atoms with Gasteiger partial charge in [-0.1, -0.05) is 6.07 Å². The summed E-state index contributed by atoms with van der Waals surface area (Å²) in [6, 6.07) is 2.23. The highest BCUT2D eigenvalue weighted by Gasteiger charge is 2.31. The van der Waals surface area contributed by atoms with E-state index >= 15 is 0 Å². The van der Waals surface area contributed by atoms with Crippen molar-refractivity contribution < 1.29 is 18.3 Å². The molecule has 0 spiro atoms. The molecule has 1 saturated carbocycles. The molecule has 2 rings (SSSR count). The first kappa shape index (κ1) is 12.4. The van der Waals surface area contributed by atoms with Gasteiger partial charge in [-0.25, -0.2) is 13.2 Å². The molecular formula is C12H14F3NO. The zero-order chi connectivity index (χ0) is 12.6. The van der Waals surface area contributed by atoms with E-state index in [1.165, 1.54) is 6.92 Å². The Bertz CT molecular complexity index is 430. The Morgan fingerprint density at radius 2 is 1.94 bits per heavy atom. The maximum absolute atomic E-state index is 13.5. The highest BCUT2D eigenvalue weighted by molar-refractivity contribution is 5.26. The number of nitrogens with one attached hydrogen (secondary N) is 1. The lowest BCUT2D eigenvalue weighted by Gasteiger charge is -2.25. The average molecular weight is 245 g/mol. The van der Waals surface area contributed by atoms with E-state index in [1.807, 2.05) is 0 Å². The Balaban J connectivity index is 2.21. The molecule has 0 heterocycles. The van der Waals surface area contributed by atoms with E-state index < -0.39 is 23.1 Å². The molecule has 0 aromatic heterocycles. The molecule has 1 fully saturated rings. The van der Waals surface area contributed by atoms with Gasteiger partial charge < -0.3 is 10.4 Å². The van der Waals surface area contributed by atoms with Crippen LogP contribution < -0.4 is 5.32 Å². The highest BCUT2D eigenvalue weighted by Crippen LogP contribution is 2.27. The third-order valence-corrected chi connectivity index (χ3v) is 2.93. The van der Waals surface area contributed by atoms with Crippen molar-refractivity contribution in [2.75, 3.05) is 6.54 Å². The van der Waals surface area contributed by atoms with Crippen LogP contribution in [-0.4, -0.2) is 17.7 Å². The molecule has 2 nitrogen and oxygen atoms in total. The molecule has 1 aliphatic carbocycles. The maximum atomic E-state index is 13.5. The molecule has 1 aliphatic rings. The second-order valence-electron chi connectivity index (χ2n) is 4.65. The summed E-state index contributed by atoms with van der Waals surface area (Å²) < 4.78 is 39.3. The predicted octanol–water partition coefficient (Wildman–Crippen LogP) is 2.06. The number of rotatable bonds is 4. The minimum atomic E-state index is -1.55. The van der Waals surface area contributed by atoms with Crippen molar-refractivity contribution in [1.82, 2.24) is 5.32 Å². The number of aliphatic hydroxyl groups is 1. The van der Waals surface area contributed by atoms with Crippen LogP contribution in [0.4, 0.5) is 13.2 Å². The fraction of sp³-hybridized carbons (Fsp3) is 0.500. The van der Waals surface area contributed by atoms with Crippen LogP contribution in [0.3, 0.4) is 0 Å². The molecule has 0 saturated heterocycles. The lowest BCUT2D eigenvalue weighted by Crippen LogP contribution is -2.37. The summed E-state index contributed by atoms with van der Waals surface area (Å²) in [5.74, 6) is -4.13. The quantitative estimate of drug-likeness (QED) is 0.796. The van der Waals surface area contributed by atoms with E-state index in [4.69, 9.17) is 0 Å². The molecule has 0 radical (unpaired) electrons. The van der Waals surface area contributed by atoms with Crippen molar-refractivity contribution in [3.8, 4) is 0 Å². The smallest absolute Gasteiger partial charge is 0.194 e. The summed E-state index contributed by atoms with van der Waals surface area (Å²) in [4.78, 5) is 0. The van der Waals surface area contributed by atoms with E-state index in [0.29, 0.717) is 6.04 Å². The Morgan fingerprint density at radius 3 is 2.53 bits per heavy atom. The molecule has 5 heteroatoms. The first-order valence-electron chi connectivity index (χ1n) is 5.51. The van der Waals surface area contributed by atoms with Gasteiger partial charge in [0.05, 0.1) is 0 Å². The average Bonchev–Trinajstić information content (AvgIpc) is 3.07. The summed E-state index contributed by atoms with van der Waals surface area (Å²) in [7, 11) is 0. The molecule has 0 amide bonds. The zero-order valence-electron chi connectivity index (χ0n) is 9.43. The molecule has 0 aliphatic heterocycles. The van der Waals surface area contributed by atoms with Crippen molar-refractivity contribution >= 4 is 0 Å². The van der Waals surface area contributed by atoms with E-state index in [0.717, 1.165) is 25.0 Å². The van der Waals surface area contributed by atoms with Crippen LogP contribution in [0.15, 0.2) is 12.1 Å². The molecule has 1 aromatic rings. The minimum absolute atomic E-state index is 0.111. The molecule has 1 unspecified atom stereocenters. The first-order valence-corrected chi connectivity index (χ1v) is 5.51. The summed E-state index contributed by atoms with van der Waals surface area (Å²) in [5, 5.41) is 13.1. The normalized spacial score (nSPS) is 19.1. The van der Waals surface area contributed by atoms with E-state index in [-0.39, 0.29) is 12.1 Å². The standard InChI is InChI=1S/C12H14F3NO/c1-12(17,6-16-7-2-3-7)8-4-5-9(13)11(15)10(8)14/h4-5,7,16-17H,2-3,6H2,1H3. The summed E-state index contributed by atoms with van der Waals surface area (Å²) in [5.41, 5.74) is -1.79. The summed E-state index contributed by atoms with van der Waals surface area (Å²) in [6.45, 7) is 1.48. The second kappa shape index (κ2) is 4.31. The molecular weight excluding hydrogens is 231 g/mol. The van der Waals surface area contributed by atoms with Crippen molar-refractivity contribution in [1.29, 1.82) is 0 Å². The van der Waals surface area contributed by atoms with Gasteiger partial charge in [0.25, 0.3) is 0 Å². The predicted molar refractivity (Wildman–Crippen MR) is 56.9 cm³/mol. The van der Waals surface area contributed by atoms with Crippen LogP contribution in [0, 0.1) is 17.5 Å². The Kier molecular flexibility index (Phi) is 3.14.